The zero-order chi connectivity index (χ0) is 10.1. The number of hydrogen-bond acceptors (Lipinski definition) is 3. The van der Waals surface area contributed by atoms with E-state index in [9.17, 15) is 4.79 Å². The molecule has 0 fully saturated rings. The molecule has 4 heteroatoms. The number of methoxy groups -OCH3 is 1. The molecule has 0 radical (unpaired) electrons. The normalized spacial score (nSPS) is 18.6. The fourth-order valence-corrected chi connectivity index (χ4v) is 1.90. The SMILES string of the molecule is COC(=O)[C@@H]1COc2ccc(Br)cc21. The molecule has 1 aromatic carbocycles. The molecule has 1 heterocycles. The molecule has 0 bridgehead atoms. The van der Waals surface area contributed by atoms with Gasteiger partial charge in [0.05, 0.1) is 7.11 Å². The number of halogens is 1. The van der Waals surface area contributed by atoms with Gasteiger partial charge in [0.15, 0.2) is 0 Å². The maximum atomic E-state index is 11.4. The summed E-state index contributed by atoms with van der Waals surface area (Å²) in [7, 11) is 1.39. The molecule has 0 saturated carbocycles. The second-order valence-corrected chi connectivity index (χ2v) is 3.98. The highest BCUT2D eigenvalue weighted by atomic mass is 79.9. The van der Waals surface area contributed by atoms with Crippen molar-refractivity contribution in [2.24, 2.45) is 0 Å². The number of rotatable bonds is 1. The first-order chi connectivity index (χ1) is 6.72. The van der Waals surface area contributed by atoms with Gasteiger partial charge in [-0.25, -0.2) is 0 Å². The number of carbonyl (C=O) groups is 1. The Morgan fingerprint density at radius 1 is 1.64 bits per heavy atom. The van der Waals surface area contributed by atoms with Crippen LogP contribution in [0.4, 0.5) is 0 Å². The largest absolute Gasteiger partial charge is 0.492 e. The summed E-state index contributed by atoms with van der Waals surface area (Å²) in [5.41, 5.74) is 0.895. The van der Waals surface area contributed by atoms with Gasteiger partial charge in [-0.2, -0.15) is 0 Å². The van der Waals surface area contributed by atoms with Gasteiger partial charge in [0.1, 0.15) is 18.3 Å². The summed E-state index contributed by atoms with van der Waals surface area (Å²) in [4.78, 5) is 11.4. The maximum Gasteiger partial charge on any atom is 0.316 e. The first-order valence-corrected chi connectivity index (χ1v) is 5.01. The smallest absolute Gasteiger partial charge is 0.316 e. The fourth-order valence-electron chi connectivity index (χ4n) is 1.52. The highest BCUT2D eigenvalue weighted by Crippen LogP contribution is 2.36. The van der Waals surface area contributed by atoms with Crippen LogP contribution >= 0.6 is 15.9 Å². The Balaban J connectivity index is 2.38. The Bertz CT molecular complexity index is 376. The number of hydrogen-bond donors (Lipinski definition) is 0. The molecule has 2 rings (SSSR count). The van der Waals surface area contributed by atoms with Gasteiger partial charge in [-0.05, 0) is 18.2 Å². The molecule has 0 amide bonds. The highest BCUT2D eigenvalue weighted by Gasteiger charge is 2.31. The van der Waals surface area contributed by atoms with E-state index in [0.717, 1.165) is 15.8 Å². The van der Waals surface area contributed by atoms with E-state index in [4.69, 9.17) is 9.47 Å². The summed E-state index contributed by atoms with van der Waals surface area (Å²) in [6.07, 6.45) is 0. The van der Waals surface area contributed by atoms with E-state index in [1.54, 1.807) is 0 Å². The van der Waals surface area contributed by atoms with Crippen LogP contribution in [-0.4, -0.2) is 19.7 Å². The summed E-state index contributed by atoms with van der Waals surface area (Å²) in [6.45, 7) is 0.373. The maximum absolute atomic E-state index is 11.4. The zero-order valence-electron chi connectivity index (χ0n) is 7.62. The second-order valence-electron chi connectivity index (χ2n) is 3.07. The van der Waals surface area contributed by atoms with E-state index >= 15 is 0 Å². The van der Waals surface area contributed by atoms with Crippen LogP contribution in [0.25, 0.3) is 0 Å². The summed E-state index contributed by atoms with van der Waals surface area (Å²) in [5, 5.41) is 0. The van der Waals surface area contributed by atoms with Gasteiger partial charge in [-0.3, -0.25) is 4.79 Å². The lowest BCUT2D eigenvalue weighted by atomic mass is 10.0. The van der Waals surface area contributed by atoms with Gasteiger partial charge in [-0.1, -0.05) is 15.9 Å². The van der Waals surface area contributed by atoms with Crippen molar-refractivity contribution in [3.8, 4) is 5.75 Å². The molecule has 1 aromatic rings. The molecule has 74 valence electrons. The predicted octanol–water partition coefficient (Wildman–Crippen LogP) is 2.10. The molecule has 0 saturated heterocycles. The van der Waals surface area contributed by atoms with Gasteiger partial charge in [-0.15, -0.1) is 0 Å². The molecule has 0 aliphatic carbocycles. The monoisotopic (exact) mass is 256 g/mol. The lowest BCUT2D eigenvalue weighted by molar-refractivity contribution is -0.142. The van der Waals surface area contributed by atoms with Gasteiger partial charge >= 0.3 is 5.97 Å². The van der Waals surface area contributed by atoms with Crippen LogP contribution < -0.4 is 4.74 Å². The Morgan fingerprint density at radius 2 is 2.43 bits per heavy atom. The summed E-state index contributed by atoms with van der Waals surface area (Å²) >= 11 is 3.36. The molecule has 0 N–H and O–H groups in total. The molecular weight excluding hydrogens is 248 g/mol. The van der Waals surface area contributed by atoms with Gasteiger partial charge in [0, 0.05) is 10.0 Å². The van der Waals surface area contributed by atoms with E-state index in [1.165, 1.54) is 7.11 Å². The Hall–Kier alpha value is -1.03. The average molecular weight is 257 g/mol. The summed E-state index contributed by atoms with van der Waals surface area (Å²) < 4.78 is 11.0. The average Bonchev–Trinajstić information content (AvgIpc) is 2.59. The van der Waals surface area contributed by atoms with Gasteiger partial charge < -0.3 is 9.47 Å². The quantitative estimate of drug-likeness (QED) is 0.723. The van der Waals surface area contributed by atoms with Crippen LogP contribution in [0, 0.1) is 0 Å². The van der Waals surface area contributed by atoms with Gasteiger partial charge in [0.2, 0.25) is 0 Å². The van der Waals surface area contributed by atoms with Gasteiger partial charge in [0.25, 0.3) is 0 Å². The summed E-state index contributed by atoms with van der Waals surface area (Å²) in [6, 6.07) is 5.63. The molecular formula is C10H9BrO3. The summed E-state index contributed by atoms with van der Waals surface area (Å²) in [5.74, 6) is 0.234. The molecule has 0 aromatic heterocycles. The number of benzene rings is 1. The van der Waals surface area contributed by atoms with Crippen LogP contribution in [-0.2, 0) is 9.53 Å². The van der Waals surface area contributed by atoms with Crippen molar-refractivity contribution >= 4 is 21.9 Å². The minimum Gasteiger partial charge on any atom is -0.492 e. The molecule has 0 unspecified atom stereocenters. The number of fused-ring (bicyclic) bond motifs is 1. The van der Waals surface area contributed by atoms with E-state index < -0.39 is 0 Å². The minimum atomic E-state index is -0.285. The minimum absolute atomic E-state index is 0.248. The standard InChI is InChI=1S/C10H9BrO3/c1-13-10(12)8-5-14-9-3-2-6(11)4-7(8)9/h2-4,8H,5H2,1H3/t8-/m1/s1. The van der Waals surface area contributed by atoms with Crippen molar-refractivity contribution in [2.45, 2.75) is 5.92 Å². The number of carbonyl (C=O) groups excluding carboxylic acids is 1. The third-order valence-electron chi connectivity index (χ3n) is 2.24. The van der Waals surface area contributed by atoms with Crippen molar-refractivity contribution in [3.63, 3.8) is 0 Å². The van der Waals surface area contributed by atoms with Crippen LogP contribution in [0.1, 0.15) is 11.5 Å². The molecule has 14 heavy (non-hydrogen) atoms. The predicted molar refractivity (Wildman–Crippen MR) is 54.4 cm³/mol. The van der Waals surface area contributed by atoms with Crippen molar-refractivity contribution < 1.29 is 14.3 Å². The van der Waals surface area contributed by atoms with Crippen molar-refractivity contribution in [3.05, 3.63) is 28.2 Å². The van der Waals surface area contributed by atoms with Crippen LogP contribution in [0.3, 0.4) is 0 Å². The third kappa shape index (κ3) is 1.50. The van der Waals surface area contributed by atoms with E-state index in [2.05, 4.69) is 15.9 Å². The second kappa shape index (κ2) is 3.61. The first kappa shape index (κ1) is 9.52. The zero-order valence-corrected chi connectivity index (χ0v) is 9.21. The van der Waals surface area contributed by atoms with E-state index in [0.29, 0.717) is 6.61 Å². The Kier molecular flexibility index (Phi) is 2.46. The first-order valence-electron chi connectivity index (χ1n) is 4.22. The molecule has 3 nitrogen and oxygen atoms in total. The molecule has 1 aliphatic rings. The molecule has 1 atom stereocenters. The third-order valence-corrected chi connectivity index (χ3v) is 2.73. The van der Waals surface area contributed by atoms with Crippen LogP contribution in [0.2, 0.25) is 0 Å². The highest BCUT2D eigenvalue weighted by molar-refractivity contribution is 9.10. The van der Waals surface area contributed by atoms with Crippen molar-refractivity contribution in [1.82, 2.24) is 0 Å². The topological polar surface area (TPSA) is 35.5 Å². The lowest BCUT2D eigenvalue weighted by Crippen LogP contribution is -2.15. The van der Waals surface area contributed by atoms with E-state index in [-0.39, 0.29) is 11.9 Å². The lowest BCUT2D eigenvalue weighted by Gasteiger charge is -2.05. The van der Waals surface area contributed by atoms with Crippen molar-refractivity contribution in [2.75, 3.05) is 13.7 Å². The Morgan fingerprint density at radius 3 is 3.14 bits per heavy atom. The van der Waals surface area contributed by atoms with Crippen molar-refractivity contribution in [1.29, 1.82) is 0 Å². The number of esters is 1. The molecule has 0 spiro atoms. The Labute approximate surface area is 90.1 Å². The van der Waals surface area contributed by atoms with Crippen LogP contribution in [0.5, 0.6) is 5.75 Å². The van der Waals surface area contributed by atoms with Crippen LogP contribution in [0.15, 0.2) is 22.7 Å². The fraction of sp³-hybridized carbons (Fsp3) is 0.300. The molecule has 1 aliphatic heterocycles. The van der Waals surface area contributed by atoms with E-state index in [1.807, 2.05) is 18.2 Å². The number of ether oxygens (including phenoxy) is 2.